The van der Waals surface area contributed by atoms with Gasteiger partial charge in [-0.3, -0.25) is 9.69 Å². The molecule has 120 valence electrons. The van der Waals surface area contributed by atoms with Crippen LogP contribution in [0.5, 0.6) is 0 Å². The maximum Gasteiger partial charge on any atom is 0.269 e. The fourth-order valence-electron chi connectivity index (χ4n) is 3.50. The van der Waals surface area contributed by atoms with E-state index in [-0.39, 0.29) is 12.0 Å². The molecule has 5 nitrogen and oxygen atoms in total. The molecule has 0 radical (unpaired) electrons. The van der Waals surface area contributed by atoms with Gasteiger partial charge in [0.05, 0.1) is 18.2 Å². The number of nitrogens with one attached hydrogen (secondary N) is 1. The average Bonchev–Trinajstić information content (AvgIpc) is 3.07. The summed E-state index contributed by atoms with van der Waals surface area (Å²) in [5.41, 5.74) is 1.30. The van der Waals surface area contributed by atoms with Crippen LogP contribution in [0, 0.1) is 0 Å². The molecule has 23 heavy (non-hydrogen) atoms. The van der Waals surface area contributed by atoms with Crippen LogP contribution in [0.1, 0.15) is 23.3 Å². The number of hydrogen-bond donors (Lipinski definition) is 1. The van der Waals surface area contributed by atoms with Crippen molar-refractivity contribution in [3.63, 3.8) is 0 Å². The molecule has 3 heterocycles. The first-order valence-electron chi connectivity index (χ1n) is 8.29. The summed E-state index contributed by atoms with van der Waals surface area (Å²) < 4.78 is 5.87. The van der Waals surface area contributed by atoms with Gasteiger partial charge in [-0.15, -0.1) is 0 Å². The van der Waals surface area contributed by atoms with Crippen LogP contribution in [0.2, 0.25) is 0 Å². The van der Waals surface area contributed by atoms with Gasteiger partial charge in [0.15, 0.2) is 0 Å². The Morgan fingerprint density at radius 3 is 3.17 bits per heavy atom. The lowest BCUT2D eigenvalue weighted by atomic mass is 10.2. The molecule has 5 heteroatoms. The second kappa shape index (κ2) is 6.26. The average molecular weight is 311 g/mol. The van der Waals surface area contributed by atoms with Crippen LogP contribution in [-0.2, 0) is 4.74 Å². The molecule has 2 saturated heterocycles. The summed E-state index contributed by atoms with van der Waals surface area (Å²) in [5, 5.41) is 4.00. The molecule has 1 aromatic carbocycles. The highest BCUT2D eigenvalue weighted by Crippen LogP contribution is 2.22. The predicted molar refractivity (Wildman–Crippen MR) is 88.4 cm³/mol. The molecule has 2 aliphatic rings. The molecule has 1 aromatic heterocycles. The zero-order chi connectivity index (χ0) is 15.6. The first-order valence-corrected chi connectivity index (χ1v) is 8.29. The van der Waals surface area contributed by atoms with Crippen molar-refractivity contribution >= 4 is 16.8 Å². The maximum absolute atomic E-state index is 12.3. The second-order valence-electron chi connectivity index (χ2n) is 6.35. The lowest BCUT2D eigenvalue weighted by molar-refractivity contribution is -0.0462. The van der Waals surface area contributed by atoms with Crippen molar-refractivity contribution in [2.24, 2.45) is 0 Å². The minimum absolute atomic E-state index is 0.0776. The third-order valence-electron chi connectivity index (χ3n) is 4.78. The van der Waals surface area contributed by atoms with Crippen molar-refractivity contribution in [1.82, 2.24) is 15.2 Å². The Morgan fingerprint density at radius 2 is 2.22 bits per heavy atom. The zero-order valence-electron chi connectivity index (χ0n) is 13.1. The van der Waals surface area contributed by atoms with Crippen LogP contribution in [0.3, 0.4) is 0 Å². The first kappa shape index (κ1) is 14.6. The fraction of sp³-hybridized carbons (Fsp3) is 0.444. The number of morpholine rings is 1. The Kier molecular flexibility index (Phi) is 3.97. The van der Waals surface area contributed by atoms with Crippen molar-refractivity contribution in [1.29, 1.82) is 0 Å². The van der Waals surface area contributed by atoms with Crippen molar-refractivity contribution in [2.45, 2.75) is 25.0 Å². The summed E-state index contributed by atoms with van der Waals surface area (Å²) in [6.07, 6.45) is 2.57. The third-order valence-corrected chi connectivity index (χ3v) is 4.78. The number of pyridine rings is 1. The lowest BCUT2D eigenvalue weighted by Gasteiger charge is -2.35. The highest BCUT2D eigenvalue weighted by molar-refractivity contribution is 5.94. The molecular weight excluding hydrogens is 290 g/mol. The van der Waals surface area contributed by atoms with E-state index >= 15 is 0 Å². The number of fused-ring (bicyclic) bond motifs is 2. The molecule has 2 fully saturated rings. The van der Waals surface area contributed by atoms with Crippen molar-refractivity contribution in [2.75, 3.05) is 26.2 Å². The minimum atomic E-state index is -0.136. The van der Waals surface area contributed by atoms with Gasteiger partial charge in [0.2, 0.25) is 0 Å². The number of benzene rings is 1. The topological polar surface area (TPSA) is 54.5 Å². The van der Waals surface area contributed by atoms with E-state index in [1.165, 1.54) is 12.8 Å². The zero-order valence-corrected chi connectivity index (χ0v) is 13.1. The van der Waals surface area contributed by atoms with E-state index in [9.17, 15) is 4.79 Å². The van der Waals surface area contributed by atoms with Gasteiger partial charge in [0, 0.05) is 24.5 Å². The monoisotopic (exact) mass is 311 g/mol. The summed E-state index contributed by atoms with van der Waals surface area (Å²) in [7, 11) is 0. The molecular formula is C18H21N3O2. The number of carbonyl (C=O) groups excluding carboxylic acids is 1. The van der Waals surface area contributed by atoms with Gasteiger partial charge >= 0.3 is 0 Å². The Morgan fingerprint density at radius 1 is 1.30 bits per heavy atom. The van der Waals surface area contributed by atoms with Gasteiger partial charge in [0.25, 0.3) is 5.91 Å². The van der Waals surface area contributed by atoms with Gasteiger partial charge in [-0.25, -0.2) is 4.98 Å². The first-order chi connectivity index (χ1) is 11.3. The van der Waals surface area contributed by atoms with E-state index in [4.69, 9.17) is 4.74 Å². The molecule has 0 spiro atoms. The van der Waals surface area contributed by atoms with Gasteiger partial charge in [-0.05, 0) is 31.5 Å². The number of aromatic nitrogens is 1. The number of hydrogen-bond acceptors (Lipinski definition) is 4. The van der Waals surface area contributed by atoms with E-state index < -0.39 is 0 Å². The normalized spacial score (nSPS) is 24.5. The Labute approximate surface area is 135 Å². The van der Waals surface area contributed by atoms with Gasteiger partial charge < -0.3 is 10.1 Å². The number of nitrogens with zero attached hydrogens (tertiary/aromatic N) is 2. The summed E-state index contributed by atoms with van der Waals surface area (Å²) >= 11 is 0. The molecule has 2 aliphatic heterocycles. The summed E-state index contributed by atoms with van der Waals surface area (Å²) in [5.74, 6) is -0.136. The molecule has 0 bridgehead atoms. The minimum Gasteiger partial charge on any atom is -0.373 e. The SMILES string of the molecule is O=C(NC[C@@H]1CN2CCC[C@H]2CO1)c1ccc2ccccc2n1. The summed E-state index contributed by atoms with van der Waals surface area (Å²) in [4.78, 5) is 19.2. The smallest absolute Gasteiger partial charge is 0.269 e. The molecule has 4 rings (SSSR count). The fourth-order valence-corrected chi connectivity index (χ4v) is 3.50. The van der Waals surface area contributed by atoms with Crippen molar-refractivity contribution in [3.05, 3.63) is 42.1 Å². The Bertz CT molecular complexity index is 718. The second-order valence-corrected chi connectivity index (χ2v) is 6.35. The van der Waals surface area contributed by atoms with Crippen LogP contribution in [0.4, 0.5) is 0 Å². The molecule has 2 aromatic rings. The highest BCUT2D eigenvalue weighted by Gasteiger charge is 2.32. The number of ether oxygens (including phenoxy) is 1. The van der Waals surface area contributed by atoms with E-state index in [2.05, 4.69) is 15.2 Å². The maximum atomic E-state index is 12.3. The summed E-state index contributed by atoms with van der Waals surface area (Å²) in [6, 6.07) is 12.1. The van der Waals surface area contributed by atoms with E-state index in [1.54, 1.807) is 6.07 Å². The van der Waals surface area contributed by atoms with Gasteiger partial charge in [0.1, 0.15) is 5.69 Å². The predicted octanol–water partition coefficient (Wildman–Crippen LogP) is 1.83. The van der Waals surface area contributed by atoms with E-state index in [0.29, 0.717) is 18.3 Å². The standard InChI is InChI=1S/C18H21N3O2/c22-18(17-8-7-13-4-1-2-6-16(13)20-17)19-10-15-11-21-9-3-5-14(21)12-23-15/h1-2,4,6-8,14-15H,3,5,9-12H2,(H,19,22)/t14-,15+/m0/s1. The number of rotatable bonds is 3. The van der Waals surface area contributed by atoms with Gasteiger partial charge in [-0.2, -0.15) is 0 Å². The molecule has 0 aliphatic carbocycles. The lowest BCUT2D eigenvalue weighted by Crippen LogP contribution is -2.50. The molecule has 1 N–H and O–H groups in total. The quantitative estimate of drug-likeness (QED) is 0.939. The number of carbonyl (C=O) groups is 1. The van der Waals surface area contributed by atoms with E-state index in [1.807, 2.05) is 30.3 Å². The van der Waals surface area contributed by atoms with E-state index in [0.717, 1.165) is 30.6 Å². The van der Waals surface area contributed by atoms with Crippen LogP contribution < -0.4 is 5.32 Å². The summed E-state index contributed by atoms with van der Waals surface area (Å²) in [6.45, 7) is 3.39. The van der Waals surface area contributed by atoms with Crippen molar-refractivity contribution < 1.29 is 9.53 Å². The molecule has 2 atom stereocenters. The van der Waals surface area contributed by atoms with Crippen LogP contribution in [0.15, 0.2) is 36.4 Å². The third kappa shape index (κ3) is 3.07. The molecule has 0 unspecified atom stereocenters. The molecule has 1 amide bonds. The van der Waals surface area contributed by atoms with Crippen molar-refractivity contribution in [3.8, 4) is 0 Å². The van der Waals surface area contributed by atoms with Crippen LogP contribution in [0.25, 0.3) is 10.9 Å². The highest BCUT2D eigenvalue weighted by atomic mass is 16.5. The largest absolute Gasteiger partial charge is 0.373 e. The Hall–Kier alpha value is -1.98. The molecule has 0 saturated carbocycles. The number of amides is 1. The number of para-hydroxylation sites is 1. The van der Waals surface area contributed by atoms with Gasteiger partial charge in [-0.1, -0.05) is 24.3 Å². The Balaban J connectivity index is 1.37. The van der Waals surface area contributed by atoms with Crippen LogP contribution >= 0.6 is 0 Å². The van der Waals surface area contributed by atoms with Crippen LogP contribution in [-0.4, -0.2) is 54.2 Å².